The van der Waals surface area contributed by atoms with Gasteiger partial charge in [0.1, 0.15) is 0 Å². The van der Waals surface area contributed by atoms with E-state index in [9.17, 15) is 9.59 Å². The zero-order valence-corrected chi connectivity index (χ0v) is 14.9. The van der Waals surface area contributed by atoms with Gasteiger partial charge >= 0.3 is 0 Å². The van der Waals surface area contributed by atoms with Crippen molar-refractivity contribution in [2.45, 2.75) is 39.2 Å². The van der Waals surface area contributed by atoms with E-state index in [4.69, 9.17) is 4.74 Å². The minimum Gasteiger partial charge on any atom is -0.383 e. The number of anilines is 1. The first-order valence-electron chi connectivity index (χ1n) is 8.73. The Morgan fingerprint density at radius 2 is 2.08 bits per heavy atom. The molecule has 1 aromatic carbocycles. The number of rotatable bonds is 8. The van der Waals surface area contributed by atoms with Crippen LogP contribution >= 0.6 is 0 Å². The number of amides is 2. The molecule has 0 saturated carbocycles. The molecule has 2 rings (SSSR count). The van der Waals surface area contributed by atoms with Gasteiger partial charge in [0.2, 0.25) is 11.8 Å². The Morgan fingerprint density at radius 1 is 1.38 bits per heavy atom. The van der Waals surface area contributed by atoms with Crippen molar-refractivity contribution in [3.05, 3.63) is 30.3 Å². The van der Waals surface area contributed by atoms with Crippen molar-refractivity contribution in [3.63, 3.8) is 0 Å². The monoisotopic (exact) mass is 332 g/mol. The highest BCUT2D eigenvalue weighted by molar-refractivity contribution is 5.99. The van der Waals surface area contributed by atoms with Crippen LogP contribution in [0.25, 0.3) is 0 Å². The zero-order valence-electron chi connectivity index (χ0n) is 14.9. The number of unbranched alkanes of at least 4 members (excludes halogenated alkanes) is 1. The third-order valence-corrected chi connectivity index (χ3v) is 4.52. The highest BCUT2D eigenvalue weighted by atomic mass is 16.5. The number of nitrogens with zero attached hydrogens (tertiary/aromatic N) is 2. The highest BCUT2D eigenvalue weighted by Crippen LogP contribution is 2.25. The maximum absolute atomic E-state index is 13.0. The number of carbonyl (C=O) groups excluding carboxylic acids is 2. The number of ether oxygens (including phenoxy) is 1. The SMILES string of the molecule is CCCCN(C(=O)[C@H]1CC(=O)N([C@H](C)COC)C1)c1ccccc1. The molecular weight excluding hydrogens is 304 g/mol. The van der Waals surface area contributed by atoms with Gasteiger partial charge in [-0.05, 0) is 25.5 Å². The van der Waals surface area contributed by atoms with E-state index in [1.165, 1.54) is 0 Å². The summed E-state index contributed by atoms with van der Waals surface area (Å²) in [5.41, 5.74) is 0.909. The number of para-hydroxylation sites is 1. The molecule has 0 bridgehead atoms. The van der Waals surface area contributed by atoms with E-state index >= 15 is 0 Å². The van der Waals surface area contributed by atoms with Gasteiger partial charge in [-0.1, -0.05) is 31.5 Å². The molecule has 2 amide bonds. The minimum absolute atomic E-state index is 0.00103. The third kappa shape index (κ3) is 4.35. The predicted molar refractivity (Wildman–Crippen MR) is 94.9 cm³/mol. The Balaban J connectivity index is 2.11. The lowest BCUT2D eigenvalue weighted by molar-refractivity contribution is -0.130. The molecule has 1 aliphatic rings. The first-order chi connectivity index (χ1) is 11.6. The van der Waals surface area contributed by atoms with Crippen molar-refractivity contribution in [3.8, 4) is 0 Å². The molecule has 0 radical (unpaired) electrons. The second kappa shape index (κ2) is 8.83. The fourth-order valence-corrected chi connectivity index (χ4v) is 3.17. The smallest absolute Gasteiger partial charge is 0.232 e. The molecule has 5 heteroatoms. The Bertz CT molecular complexity index is 547. The maximum atomic E-state index is 13.0. The lowest BCUT2D eigenvalue weighted by Crippen LogP contribution is -2.40. The van der Waals surface area contributed by atoms with Gasteiger partial charge < -0.3 is 14.5 Å². The van der Waals surface area contributed by atoms with Crippen molar-refractivity contribution in [2.24, 2.45) is 5.92 Å². The third-order valence-electron chi connectivity index (χ3n) is 4.52. The standard InChI is InChI=1S/C19H28N2O3/c1-4-5-11-20(17-9-7-6-8-10-17)19(23)16-12-18(22)21(13-16)15(2)14-24-3/h6-10,15-16H,4-5,11-14H2,1-3H3/t15-,16+/m1/s1. The summed E-state index contributed by atoms with van der Waals surface area (Å²) in [6.07, 6.45) is 2.27. The molecule has 5 nitrogen and oxygen atoms in total. The molecule has 0 unspecified atom stereocenters. The molecule has 1 aromatic rings. The molecule has 1 heterocycles. The number of likely N-dealkylation sites (tertiary alicyclic amines) is 1. The first-order valence-corrected chi connectivity index (χ1v) is 8.73. The number of methoxy groups -OCH3 is 1. The predicted octanol–water partition coefficient (Wildman–Crippen LogP) is 2.70. The fraction of sp³-hybridized carbons (Fsp3) is 0.579. The number of hydrogen-bond acceptors (Lipinski definition) is 3. The summed E-state index contributed by atoms with van der Waals surface area (Å²) in [6.45, 7) is 5.74. The van der Waals surface area contributed by atoms with Gasteiger partial charge in [0.05, 0.1) is 18.6 Å². The summed E-state index contributed by atoms with van der Waals surface area (Å²) in [5.74, 6) is -0.176. The van der Waals surface area contributed by atoms with Gasteiger partial charge in [0.25, 0.3) is 0 Å². The average Bonchev–Trinajstić information content (AvgIpc) is 2.98. The topological polar surface area (TPSA) is 49.9 Å². The van der Waals surface area contributed by atoms with Gasteiger partial charge in [-0.2, -0.15) is 0 Å². The average molecular weight is 332 g/mol. The minimum atomic E-state index is -0.270. The Kier molecular flexibility index (Phi) is 6.79. The fourth-order valence-electron chi connectivity index (χ4n) is 3.17. The normalized spacial score (nSPS) is 18.7. The molecule has 24 heavy (non-hydrogen) atoms. The molecule has 1 aliphatic heterocycles. The molecule has 2 atom stereocenters. The van der Waals surface area contributed by atoms with E-state index in [0.717, 1.165) is 18.5 Å². The summed E-state index contributed by atoms with van der Waals surface area (Å²) in [6, 6.07) is 9.73. The van der Waals surface area contributed by atoms with Crippen LogP contribution in [0.2, 0.25) is 0 Å². The van der Waals surface area contributed by atoms with Gasteiger partial charge in [0.15, 0.2) is 0 Å². The van der Waals surface area contributed by atoms with E-state index in [1.807, 2.05) is 42.2 Å². The van der Waals surface area contributed by atoms with E-state index in [0.29, 0.717) is 26.1 Å². The molecule has 0 N–H and O–H groups in total. The van der Waals surface area contributed by atoms with Crippen LogP contribution in [0.1, 0.15) is 33.1 Å². The quantitative estimate of drug-likeness (QED) is 0.735. The molecule has 0 aromatic heterocycles. The molecule has 132 valence electrons. The lowest BCUT2D eigenvalue weighted by atomic mass is 10.1. The largest absolute Gasteiger partial charge is 0.383 e. The summed E-state index contributed by atoms with van der Waals surface area (Å²) in [5, 5.41) is 0. The molecule has 0 spiro atoms. The highest BCUT2D eigenvalue weighted by Gasteiger charge is 2.38. The molecule has 0 aliphatic carbocycles. The van der Waals surface area contributed by atoms with Crippen molar-refractivity contribution >= 4 is 17.5 Å². The van der Waals surface area contributed by atoms with Gasteiger partial charge in [-0.3, -0.25) is 9.59 Å². The maximum Gasteiger partial charge on any atom is 0.232 e. The van der Waals surface area contributed by atoms with Gasteiger partial charge in [0, 0.05) is 32.3 Å². The van der Waals surface area contributed by atoms with Gasteiger partial charge in [-0.25, -0.2) is 0 Å². The van der Waals surface area contributed by atoms with Crippen molar-refractivity contribution < 1.29 is 14.3 Å². The Hall–Kier alpha value is -1.88. The lowest BCUT2D eigenvalue weighted by Gasteiger charge is -2.27. The first kappa shape index (κ1) is 18.5. The van der Waals surface area contributed by atoms with Crippen molar-refractivity contribution in [2.75, 3.05) is 31.7 Å². The molecule has 1 saturated heterocycles. The van der Waals surface area contributed by atoms with Crippen LogP contribution in [0.15, 0.2) is 30.3 Å². The van der Waals surface area contributed by atoms with Crippen LogP contribution in [-0.4, -0.2) is 49.6 Å². The van der Waals surface area contributed by atoms with E-state index in [1.54, 1.807) is 12.0 Å². The number of carbonyl (C=O) groups is 2. The van der Waals surface area contributed by atoms with Crippen molar-refractivity contribution in [1.82, 2.24) is 4.90 Å². The second-order valence-corrected chi connectivity index (χ2v) is 6.43. The van der Waals surface area contributed by atoms with Crippen LogP contribution in [0, 0.1) is 5.92 Å². The molecule has 1 fully saturated rings. The van der Waals surface area contributed by atoms with Crippen LogP contribution in [0.5, 0.6) is 0 Å². The van der Waals surface area contributed by atoms with Crippen molar-refractivity contribution in [1.29, 1.82) is 0 Å². The van der Waals surface area contributed by atoms with Crippen LogP contribution < -0.4 is 4.90 Å². The summed E-state index contributed by atoms with van der Waals surface area (Å²) in [4.78, 5) is 28.9. The van der Waals surface area contributed by atoms with E-state index in [2.05, 4.69) is 6.92 Å². The Labute approximate surface area is 144 Å². The van der Waals surface area contributed by atoms with Crippen LogP contribution in [0.3, 0.4) is 0 Å². The molecular formula is C19H28N2O3. The van der Waals surface area contributed by atoms with Crippen LogP contribution in [-0.2, 0) is 14.3 Å². The number of benzene rings is 1. The summed E-state index contributed by atoms with van der Waals surface area (Å²) in [7, 11) is 1.63. The second-order valence-electron chi connectivity index (χ2n) is 6.43. The van der Waals surface area contributed by atoms with Gasteiger partial charge in [-0.15, -0.1) is 0 Å². The van der Waals surface area contributed by atoms with E-state index < -0.39 is 0 Å². The Morgan fingerprint density at radius 3 is 2.71 bits per heavy atom. The summed E-state index contributed by atoms with van der Waals surface area (Å²) < 4.78 is 5.14. The van der Waals surface area contributed by atoms with E-state index in [-0.39, 0.29) is 23.8 Å². The van der Waals surface area contributed by atoms with Crippen LogP contribution in [0.4, 0.5) is 5.69 Å². The summed E-state index contributed by atoms with van der Waals surface area (Å²) >= 11 is 0. The number of hydrogen-bond donors (Lipinski definition) is 0. The zero-order chi connectivity index (χ0) is 17.5.